The Morgan fingerprint density at radius 1 is 1.40 bits per heavy atom. The predicted molar refractivity (Wildman–Crippen MR) is 85.0 cm³/mol. The van der Waals surface area contributed by atoms with Gasteiger partial charge in [0.2, 0.25) is 0 Å². The Morgan fingerprint density at radius 2 is 2.15 bits per heavy atom. The lowest BCUT2D eigenvalue weighted by atomic mass is 10.0. The van der Waals surface area contributed by atoms with Gasteiger partial charge in [0.25, 0.3) is 5.56 Å². The smallest absolute Gasteiger partial charge is 0.264 e. The van der Waals surface area contributed by atoms with Crippen LogP contribution < -0.4 is 5.56 Å². The van der Waals surface area contributed by atoms with Crippen molar-refractivity contribution in [3.63, 3.8) is 0 Å². The van der Waals surface area contributed by atoms with Crippen molar-refractivity contribution in [3.8, 4) is 0 Å². The Morgan fingerprint density at radius 3 is 2.85 bits per heavy atom. The molecule has 2 heterocycles. The molecule has 0 amide bonds. The number of nitrogens with one attached hydrogen (secondary N) is 1. The van der Waals surface area contributed by atoms with Crippen molar-refractivity contribution in [2.24, 2.45) is 0 Å². The number of nitrogens with zero attached hydrogens (tertiary/aromatic N) is 2. The van der Waals surface area contributed by atoms with Crippen LogP contribution in [0.15, 0.2) is 4.79 Å². The summed E-state index contributed by atoms with van der Waals surface area (Å²) in [7, 11) is 2.07. The summed E-state index contributed by atoms with van der Waals surface area (Å²) in [5.74, 6) is 1.15. The SMILES string of the molecule is CN1CCOC(c2nc(C3CCCC3)c(I)c(=O)[nH]2)C1. The molecule has 1 aliphatic heterocycles. The summed E-state index contributed by atoms with van der Waals surface area (Å²) < 4.78 is 6.52. The summed E-state index contributed by atoms with van der Waals surface area (Å²) in [6, 6.07) is 0. The van der Waals surface area contributed by atoms with Crippen LogP contribution in [-0.4, -0.2) is 41.6 Å². The van der Waals surface area contributed by atoms with Crippen molar-refractivity contribution in [2.75, 3.05) is 26.7 Å². The van der Waals surface area contributed by atoms with Gasteiger partial charge in [0, 0.05) is 19.0 Å². The zero-order chi connectivity index (χ0) is 14.1. The molecular formula is C14H20IN3O2. The normalized spacial score (nSPS) is 25.2. The molecule has 1 aliphatic carbocycles. The van der Waals surface area contributed by atoms with E-state index in [4.69, 9.17) is 9.72 Å². The minimum Gasteiger partial charge on any atom is -0.368 e. The van der Waals surface area contributed by atoms with Gasteiger partial charge in [-0.15, -0.1) is 0 Å². The molecule has 1 unspecified atom stereocenters. The summed E-state index contributed by atoms with van der Waals surface area (Å²) in [5.41, 5.74) is 0.966. The van der Waals surface area contributed by atoms with E-state index >= 15 is 0 Å². The number of H-pyrrole nitrogens is 1. The van der Waals surface area contributed by atoms with Crippen LogP contribution in [0.5, 0.6) is 0 Å². The zero-order valence-electron chi connectivity index (χ0n) is 11.7. The number of aromatic amines is 1. The molecule has 110 valence electrons. The highest BCUT2D eigenvalue weighted by atomic mass is 127. The molecule has 3 rings (SSSR count). The van der Waals surface area contributed by atoms with Gasteiger partial charge in [-0.1, -0.05) is 12.8 Å². The van der Waals surface area contributed by atoms with E-state index in [2.05, 4.69) is 39.5 Å². The van der Waals surface area contributed by atoms with E-state index in [1.54, 1.807) is 0 Å². The first kappa shape index (κ1) is 14.5. The molecule has 1 saturated carbocycles. The van der Waals surface area contributed by atoms with Gasteiger partial charge >= 0.3 is 0 Å². The second kappa shape index (κ2) is 6.11. The molecule has 0 radical (unpaired) electrons. The minimum atomic E-state index is -0.112. The maximum atomic E-state index is 12.2. The molecule has 1 aromatic heterocycles. The van der Waals surface area contributed by atoms with Crippen LogP contribution in [0, 0.1) is 3.57 Å². The maximum Gasteiger partial charge on any atom is 0.264 e. The van der Waals surface area contributed by atoms with Gasteiger partial charge in [0.15, 0.2) is 0 Å². The van der Waals surface area contributed by atoms with Gasteiger partial charge in [-0.3, -0.25) is 4.79 Å². The van der Waals surface area contributed by atoms with Crippen LogP contribution in [-0.2, 0) is 4.74 Å². The molecule has 6 heteroatoms. The largest absolute Gasteiger partial charge is 0.368 e. The lowest BCUT2D eigenvalue weighted by Crippen LogP contribution is -2.37. The van der Waals surface area contributed by atoms with Gasteiger partial charge in [-0.05, 0) is 42.5 Å². The predicted octanol–water partition coefficient (Wildman–Crippen LogP) is 2.04. The lowest BCUT2D eigenvalue weighted by Gasteiger charge is -2.29. The molecule has 1 atom stereocenters. The highest BCUT2D eigenvalue weighted by Gasteiger charge is 2.27. The standard InChI is InChI=1S/C14H20IN3O2/c1-18-6-7-20-10(8-18)13-16-12(9-4-2-3-5-9)11(15)14(19)17-13/h9-10H,2-8H2,1H3,(H,16,17,19). The molecule has 5 nitrogen and oxygen atoms in total. The fourth-order valence-corrected chi connectivity index (χ4v) is 3.76. The Kier molecular flexibility index (Phi) is 4.42. The van der Waals surface area contributed by atoms with Crippen molar-refractivity contribution in [1.29, 1.82) is 0 Å². The van der Waals surface area contributed by atoms with Gasteiger partial charge in [-0.25, -0.2) is 4.98 Å². The number of hydrogen-bond acceptors (Lipinski definition) is 4. The lowest BCUT2D eigenvalue weighted by molar-refractivity contribution is -0.0257. The Balaban J connectivity index is 1.93. The second-order valence-electron chi connectivity index (χ2n) is 5.75. The third kappa shape index (κ3) is 2.92. The Labute approximate surface area is 132 Å². The topological polar surface area (TPSA) is 58.2 Å². The first-order valence-corrected chi connectivity index (χ1v) is 8.33. The number of morpholine rings is 1. The van der Waals surface area contributed by atoms with Gasteiger partial charge < -0.3 is 14.6 Å². The summed E-state index contributed by atoms with van der Waals surface area (Å²) in [6.07, 6.45) is 4.67. The number of likely N-dealkylation sites (N-methyl/N-ethyl adjacent to an activating group) is 1. The second-order valence-corrected chi connectivity index (χ2v) is 6.83. The van der Waals surface area contributed by atoms with E-state index < -0.39 is 0 Å². The molecule has 2 fully saturated rings. The molecule has 0 spiro atoms. The Bertz CT molecular complexity index is 540. The van der Waals surface area contributed by atoms with Gasteiger partial charge in [0.1, 0.15) is 11.9 Å². The highest BCUT2D eigenvalue weighted by Crippen LogP contribution is 2.34. The van der Waals surface area contributed by atoms with E-state index in [9.17, 15) is 4.79 Å². The summed E-state index contributed by atoms with van der Waals surface area (Å²) in [4.78, 5) is 22.0. The molecule has 1 saturated heterocycles. The maximum absolute atomic E-state index is 12.2. The van der Waals surface area contributed by atoms with Crippen LogP contribution in [0.4, 0.5) is 0 Å². The van der Waals surface area contributed by atoms with Crippen molar-refractivity contribution >= 4 is 22.6 Å². The first-order valence-electron chi connectivity index (χ1n) is 7.25. The molecule has 1 aromatic rings. The number of rotatable bonds is 2. The van der Waals surface area contributed by atoms with E-state index in [-0.39, 0.29) is 11.7 Å². The quantitative estimate of drug-likeness (QED) is 0.787. The number of halogens is 1. The third-order valence-corrected chi connectivity index (χ3v) is 5.27. The molecule has 2 aliphatic rings. The fourth-order valence-electron chi connectivity index (χ4n) is 3.06. The third-order valence-electron chi connectivity index (χ3n) is 4.22. The number of aromatic nitrogens is 2. The zero-order valence-corrected chi connectivity index (χ0v) is 13.9. The van der Waals surface area contributed by atoms with Crippen molar-refractivity contribution in [3.05, 3.63) is 25.4 Å². The number of hydrogen-bond donors (Lipinski definition) is 1. The van der Waals surface area contributed by atoms with Crippen LogP contribution in [0.3, 0.4) is 0 Å². The van der Waals surface area contributed by atoms with Crippen molar-refractivity contribution in [1.82, 2.24) is 14.9 Å². The molecule has 20 heavy (non-hydrogen) atoms. The average Bonchev–Trinajstić information content (AvgIpc) is 2.95. The van der Waals surface area contributed by atoms with Crippen LogP contribution in [0.1, 0.15) is 49.2 Å². The monoisotopic (exact) mass is 389 g/mol. The van der Waals surface area contributed by atoms with Crippen molar-refractivity contribution in [2.45, 2.75) is 37.7 Å². The van der Waals surface area contributed by atoms with E-state index in [1.807, 2.05) is 0 Å². The highest BCUT2D eigenvalue weighted by molar-refractivity contribution is 14.1. The molecule has 1 N–H and O–H groups in total. The van der Waals surface area contributed by atoms with Crippen LogP contribution in [0.2, 0.25) is 0 Å². The summed E-state index contributed by atoms with van der Waals surface area (Å²) in [6.45, 7) is 2.41. The van der Waals surface area contributed by atoms with Gasteiger partial charge in [0.05, 0.1) is 15.9 Å². The molecule has 0 aromatic carbocycles. The fraction of sp³-hybridized carbons (Fsp3) is 0.714. The molecular weight excluding hydrogens is 369 g/mol. The van der Waals surface area contributed by atoms with Crippen molar-refractivity contribution < 1.29 is 4.74 Å². The average molecular weight is 389 g/mol. The van der Waals surface area contributed by atoms with Crippen LogP contribution >= 0.6 is 22.6 Å². The first-order chi connectivity index (χ1) is 9.65. The van der Waals surface area contributed by atoms with Crippen LogP contribution in [0.25, 0.3) is 0 Å². The molecule has 0 bridgehead atoms. The minimum absolute atomic E-state index is 0.0191. The summed E-state index contributed by atoms with van der Waals surface area (Å²) >= 11 is 2.13. The summed E-state index contributed by atoms with van der Waals surface area (Å²) in [5, 5.41) is 0. The van der Waals surface area contributed by atoms with E-state index in [0.717, 1.165) is 35.2 Å². The van der Waals surface area contributed by atoms with E-state index in [0.29, 0.717) is 18.3 Å². The van der Waals surface area contributed by atoms with E-state index in [1.165, 1.54) is 12.8 Å². The Hall–Kier alpha value is -0.470. The number of ether oxygens (including phenoxy) is 1. The van der Waals surface area contributed by atoms with Gasteiger partial charge in [-0.2, -0.15) is 0 Å².